The predicted octanol–water partition coefficient (Wildman–Crippen LogP) is 2.45. The first-order chi connectivity index (χ1) is 11.5. The molecule has 0 spiro atoms. The molecule has 0 atom stereocenters. The van der Waals surface area contributed by atoms with Crippen molar-refractivity contribution in [3.8, 4) is 5.75 Å². The maximum atomic E-state index is 12.3. The summed E-state index contributed by atoms with van der Waals surface area (Å²) < 4.78 is 5.07. The predicted molar refractivity (Wildman–Crippen MR) is 85.5 cm³/mol. The van der Waals surface area contributed by atoms with E-state index in [2.05, 4.69) is 5.32 Å². The second kappa shape index (κ2) is 5.88. The summed E-state index contributed by atoms with van der Waals surface area (Å²) in [4.78, 5) is 35.2. The van der Waals surface area contributed by atoms with Gasteiger partial charge in [-0.25, -0.2) is 9.59 Å². The van der Waals surface area contributed by atoms with E-state index in [0.717, 1.165) is 12.1 Å². The van der Waals surface area contributed by atoms with E-state index in [1.807, 2.05) is 0 Å². The topological polar surface area (TPSA) is 117 Å². The Morgan fingerprint density at radius 1 is 1.04 bits per heavy atom. The minimum Gasteiger partial charge on any atom is -0.506 e. The molecule has 0 bridgehead atoms. The van der Waals surface area contributed by atoms with Gasteiger partial charge in [0.05, 0.1) is 11.3 Å². The summed E-state index contributed by atoms with van der Waals surface area (Å²) in [6.45, 7) is 0. The molecule has 0 radical (unpaired) electrons. The Morgan fingerprint density at radius 2 is 1.79 bits per heavy atom. The summed E-state index contributed by atoms with van der Waals surface area (Å²) in [7, 11) is 0. The van der Waals surface area contributed by atoms with E-state index in [9.17, 15) is 19.5 Å². The lowest BCUT2D eigenvalue weighted by molar-refractivity contribution is 0.0696. The molecule has 120 valence electrons. The van der Waals surface area contributed by atoms with Crippen molar-refractivity contribution in [3.63, 3.8) is 0 Å². The molecular formula is C17H11NO6. The van der Waals surface area contributed by atoms with Crippen LogP contribution in [-0.4, -0.2) is 22.1 Å². The van der Waals surface area contributed by atoms with Gasteiger partial charge in [-0.05, 0) is 30.3 Å². The van der Waals surface area contributed by atoms with Gasteiger partial charge in [0.2, 0.25) is 0 Å². The molecule has 1 heterocycles. The molecule has 7 nitrogen and oxygen atoms in total. The van der Waals surface area contributed by atoms with Crippen molar-refractivity contribution in [2.45, 2.75) is 0 Å². The molecule has 3 rings (SSSR count). The Hall–Kier alpha value is -3.61. The van der Waals surface area contributed by atoms with Gasteiger partial charge in [-0.15, -0.1) is 0 Å². The minimum atomic E-state index is -1.21. The monoisotopic (exact) mass is 325 g/mol. The van der Waals surface area contributed by atoms with Crippen LogP contribution < -0.4 is 10.9 Å². The average molecular weight is 325 g/mol. The molecule has 3 aromatic rings. The van der Waals surface area contributed by atoms with E-state index < -0.39 is 17.5 Å². The van der Waals surface area contributed by atoms with Crippen molar-refractivity contribution in [3.05, 3.63) is 70.1 Å². The van der Waals surface area contributed by atoms with E-state index in [1.54, 1.807) is 24.3 Å². The van der Waals surface area contributed by atoms with Crippen LogP contribution >= 0.6 is 0 Å². The van der Waals surface area contributed by atoms with E-state index in [0.29, 0.717) is 11.0 Å². The third kappa shape index (κ3) is 2.82. The van der Waals surface area contributed by atoms with Gasteiger partial charge in [-0.1, -0.05) is 18.2 Å². The lowest BCUT2D eigenvalue weighted by Gasteiger charge is -2.08. The maximum Gasteiger partial charge on any atom is 0.349 e. The number of carboxylic acid groups (broad SMARTS) is 1. The number of rotatable bonds is 3. The van der Waals surface area contributed by atoms with E-state index >= 15 is 0 Å². The number of phenolic OH excluding ortho intramolecular Hbond substituents is 1. The average Bonchev–Trinajstić information content (AvgIpc) is 2.55. The zero-order valence-corrected chi connectivity index (χ0v) is 12.1. The number of hydrogen-bond acceptors (Lipinski definition) is 5. The van der Waals surface area contributed by atoms with Gasteiger partial charge in [0.25, 0.3) is 5.91 Å². The quantitative estimate of drug-likeness (QED) is 0.503. The van der Waals surface area contributed by atoms with Crippen molar-refractivity contribution in [2.24, 2.45) is 0 Å². The van der Waals surface area contributed by atoms with Crippen LogP contribution in [0, 0.1) is 0 Å². The molecule has 24 heavy (non-hydrogen) atoms. The Kier molecular flexibility index (Phi) is 3.75. The molecule has 3 N–H and O–H groups in total. The van der Waals surface area contributed by atoms with Gasteiger partial charge in [0, 0.05) is 5.39 Å². The number of para-hydroxylation sites is 1. The lowest BCUT2D eigenvalue weighted by atomic mass is 10.1. The van der Waals surface area contributed by atoms with E-state index in [-0.39, 0.29) is 22.6 Å². The molecule has 0 aliphatic rings. The van der Waals surface area contributed by atoms with Crippen molar-refractivity contribution >= 4 is 28.5 Å². The minimum absolute atomic E-state index is 0.117. The van der Waals surface area contributed by atoms with Crippen LogP contribution in [0.5, 0.6) is 5.75 Å². The summed E-state index contributed by atoms with van der Waals surface area (Å²) in [5, 5.41) is 21.6. The first-order valence-electron chi connectivity index (χ1n) is 6.86. The number of phenols is 1. The number of anilines is 1. The Balaban J connectivity index is 1.99. The first kappa shape index (κ1) is 15.3. The van der Waals surface area contributed by atoms with Crippen LogP contribution in [0.15, 0.2) is 57.7 Å². The third-order valence-corrected chi connectivity index (χ3v) is 3.38. The molecule has 1 amide bonds. The van der Waals surface area contributed by atoms with Gasteiger partial charge in [-0.3, -0.25) is 4.79 Å². The Bertz CT molecular complexity index is 1020. The Morgan fingerprint density at radius 3 is 2.54 bits per heavy atom. The van der Waals surface area contributed by atoms with E-state index in [4.69, 9.17) is 9.52 Å². The van der Waals surface area contributed by atoms with Gasteiger partial charge < -0.3 is 19.9 Å². The highest BCUT2D eigenvalue weighted by atomic mass is 16.4. The number of aromatic carboxylic acids is 1. The highest BCUT2D eigenvalue weighted by Gasteiger charge is 2.16. The highest BCUT2D eigenvalue weighted by Crippen LogP contribution is 2.25. The van der Waals surface area contributed by atoms with Crippen LogP contribution in [0.3, 0.4) is 0 Å². The number of carboxylic acids is 1. The van der Waals surface area contributed by atoms with Crippen molar-refractivity contribution in [2.75, 3.05) is 5.32 Å². The first-order valence-corrected chi connectivity index (χ1v) is 6.86. The Labute approximate surface area is 134 Å². The van der Waals surface area contributed by atoms with Crippen LogP contribution in [0.25, 0.3) is 11.0 Å². The number of aromatic hydroxyl groups is 1. The number of benzene rings is 2. The number of fused-ring (bicyclic) bond motifs is 1. The molecule has 2 aromatic carbocycles. The molecule has 0 aliphatic heterocycles. The second-order valence-electron chi connectivity index (χ2n) is 4.98. The van der Waals surface area contributed by atoms with Gasteiger partial charge in [0.1, 0.15) is 16.9 Å². The number of amides is 1. The van der Waals surface area contributed by atoms with Crippen LogP contribution in [0.4, 0.5) is 5.69 Å². The summed E-state index contributed by atoms with van der Waals surface area (Å²) >= 11 is 0. The van der Waals surface area contributed by atoms with Crippen LogP contribution in [-0.2, 0) is 0 Å². The molecule has 0 unspecified atom stereocenters. The fourth-order valence-corrected chi connectivity index (χ4v) is 2.18. The van der Waals surface area contributed by atoms with Crippen molar-refractivity contribution < 1.29 is 24.2 Å². The highest BCUT2D eigenvalue weighted by molar-refractivity contribution is 6.06. The molecule has 0 fully saturated rings. The standard InChI is InChI=1S/C17H11NO6/c19-13-6-5-10(16(21)22)8-12(13)18-15(20)11-7-9-3-1-2-4-14(9)24-17(11)23/h1-8,19H,(H,18,20)(H,21,22). The number of carbonyl (C=O) groups is 2. The van der Waals surface area contributed by atoms with E-state index in [1.165, 1.54) is 12.1 Å². The number of carbonyl (C=O) groups excluding carboxylic acids is 1. The fraction of sp³-hybridized carbons (Fsp3) is 0. The molecule has 0 saturated carbocycles. The molecular weight excluding hydrogens is 314 g/mol. The normalized spacial score (nSPS) is 10.5. The third-order valence-electron chi connectivity index (χ3n) is 3.38. The fourth-order valence-electron chi connectivity index (χ4n) is 2.18. The summed E-state index contributed by atoms with van der Waals surface area (Å²) in [6.07, 6.45) is 0. The van der Waals surface area contributed by atoms with Crippen LogP contribution in [0.2, 0.25) is 0 Å². The number of nitrogens with one attached hydrogen (secondary N) is 1. The lowest BCUT2D eigenvalue weighted by Crippen LogP contribution is -2.20. The van der Waals surface area contributed by atoms with Crippen LogP contribution in [0.1, 0.15) is 20.7 Å². The van der Waals surface area contributed by atoms with Gasteiger partial charge in [-0.2, -0.15) is 0 Å². The van der Waals surface area contributed by atoms with Crippen molar-refractivity contribution in [1.82, 2.24) is 0 Å². The maximum absolute atomic E-state index is 12.3. The zero-order valence-electron chi connectivity index (χ0n) is 12.1. The number of hydrogen-bond donors (Lipinski definition) is 3. The summed E-state index contributed by atoms with van der Waals surface area (Å²) in [5.41, 5.74) is -0.982. The molecule has 0 saturated heterocycles. The SMILES string of the molecule is O=C(O)c1ccc(O)c(NC(=O)c2cc3ccccc3oc2=O)c1. The molecule has 0 aliphatic carbocycles. The van der Waals surface area contributed by atoms with Gasteiger partial charge >= 0.3 is 11.6 Å². The molecule has 7 heteroatoms. The smallest absolute Gasteiger partial charge is 0.349 e. The zero-order chi connectivity index (χ0) is 17.3. The van der Waals surface area contributed by atoms with Gasteiger partial charge in [0.15, 0.2) is 0 Å². The summed E-state index contributed by atoms with van der Waals surface area (Å²) in [6, 6.07) is 11.5. The second-order valence-corrected chi connectivity index (χ2v) is 4.98. The largest absolute Gasteiger partial charge is 0.506 e. The molecule has 1 aromatic heterocycles. The summed E-state index contributed by atoms with van der Waals surface area (Å²) in [5.74, 6) is -2.35. The van der Waals surface area contributed by atoms with Crippen molar-refractivity contribution in [1.29, 1.82) is 0 Å².